The molecule has 0 aliphatic heterocycles. The molecule has 1 aromatic heterocycles. The van der Waals surface area contributed by atoms with Gasteiger partial charge in [0.1, 0.15) is 0 Å². The lowest BCUT2D eigenvalue weighted by Crippen LogP contribution is -2.25. The second-order valence-corrected chi connectivity index (χ2v) is 3.09. The number of anilines is 1. The van der Waals surface area contributed by atoms with Crippen LogP contribution in [0.3, 0.4) is 0 Å². The molecule has 14 heavy (non-hydrogen) atoms. The Balaban J connectivity index is 2.74. The van der Waals surface area contributed by atoms with Gasteiger partial charge >= 0.3 is 12.2 Å². The van der Waals surface area contributed by atoms with Crippen LogP contribution in [0.5, 0.6) is 0 Å². The van der Waals surface area contributed by atoms with E-state index in [1.165, 1.54) is 7.98 Å². The van der Waals surface area contributed by atoms with E-state index in [9.17, 15) is 18.0 Å². The summed E-state index contributed by atoms with van der Waals surface area (Å²) in [6.45, 7) is 0. The Morgan fingerprint density at radius 3 is 2.50 bits per heavy atom. The molecule has 1 heterocycles. The number of nitrogens with zero attached hydrogens (tertiary/aromatic N) is 2. The van der Waals surface area contributed by atoms with Gasteiger partial charge in [0.15, 0.2) is 0 Å². The molecule has 0 spiro atoms. The molecule has 5 nitrogen and oxygen atoms in total. The molecular formula is C4H4BF3N4OS. The maximum Gasteiger partial charge on any atom is 0.445 e. The molecule has 0 radical (unpaired) electrons. The average Bonchev–Trinajstić information content (AvgIpc) is 2.51. The third kappa shape index (κ3) is 2.59. The first-order chi connectivity index (χ1) is 6.43. The van der Waals surface area contributed by atoms with Gasteiger partial charge in [-0.15, -0.1) is 10.2 Å². The average molecular weight is 224 g/mol. The molecule has 0 atom stereocenters. The normalized spacial score (nSPS) is 11.1. The van der Waals surface area contributed by atoms with Crippen LogP contribution in [0.1, 0.15) is 5.01 Å². The monoisotopic (exact) mass is 224 g/mol. The highest BCUT2D eigenvalue weighted by atomic mass is 32.1. The number of nitrogens with one attached hydrogen (secondary N) is 2. The van der Waals surface area contributed by atoms with Crippen molar-refractivity contribution in [3.8, 4) is 0 Å². The van der Waals surface area contributed by atoms with Crippen molar-refractivity contribution in [3.63, 3.8) is 0 Å². The van der Waals surface area contributed by atoms with Crippen LogP contribution >= 0.6 is 11.3 Å². The van der Waals surface area contributed by atoms with Crippen LogP contribution in [-0.2, 0) is 6.18 Å². The SMILES string of the molecule is BNC(=O)Nc1nnc(C(F)(F)F)s1. The summed E-state index contributed by atoms with van der Waals surface area (Å²) in [5.41, 5.74) is 0. The third-order valence-corrected chi connectivity index (χ3v) is 2.00. The molecule has 0 unspecified atom stereocenters. The summed E-state index contributed by atoms with van der Waals surface area (Å²) in [4.78, 5) is 10.7. The first-order valence-electron chi connectivity index (χ1n) is 3.33. The molecule has 0 aromatic carbocycles. The number of carbonyl (C=O) groups is 1. The number of amides is 2. The zero-order valence-electron chi connectivity index (χ0n) is 6.84. The van der Waals surface area contributed by atoms with Gasteiger partial charge in [-0.1, -0.05) is 11.3 Å². The van der Waals surface area contributed by atoms with Crippen LogP contribution in [-0.4, -0.2) is 24.2 Å². The van der Waals surface area contributed by atoms with Crippen LogP contribution in [0.25, 0.3) is 0 Å². The van der Waals surface area contributed by atoms with Crippen molar-refractivity contribution in [3.05, 3.63) is 5.01 Å². The first-order valence-corrected chi connectivity index (χ1v) is 4.14. The molecule has 1 aromatic rings. The van der Waals surface area contributed by atoms with E-state index in [2.05, 4.69) is 20.7 Å². The second-order valence-electron chi connectivity index (χ2n) is 2.11. The summed E-state index contributed by atoms with van der Waals surface area (Å²) in [5.74, 6) is 0. The topological polar surface area (TPSA) is 66.9 Å². The third-order valence-electron chi connectivity index (χ3n) is 1.12. The minimum Gasteiger partial charge on any atom is -0.388 e. The number of hydrogen-bond acceptors (Lipinski definition) is 4. The summed E-state index contributed by atoms with van der Waals surface area (Å²) >= 11 is 0.264. The van der Waals surface area contributed by atoms with Crippen molar-refractivity contribution in [1.82, 2.24) is 15.4 Å². The number of carbonyl (C=O) groups excluding carboxylic acids is 1. The zero-order valence-corrected chi connectivity index (χ0v) is 7.66. The lowest BCUT2D eigenvalue weighted by atomic mass is 10.4. The highest BCUT2D eigenvalue weighted by molar-refractivity contribution is 7.15. The van der Waals surface area contributed by atoms with E-state index in [1.54, 1.807) is 0 Å². The van der Waals surface area contributed by atoms with Crippen molar-refractivity contribution in [1.29, 1.82) is 0 Å². The summed E-state index contributed by atoms with van der Waals surface area (Å²) in [5, 5.41) is 8.98. The van der Waals surface area contributed by atoms with E-state index in [0.717, 1.165) is 0 Å². The molecule has 0 fully saturated rings. The predicted molar refractivity (Wildman–Crippen MR) is 45.6 cm³/mol. The van der Waals surface area contributed by atoms with Gasteiger partial charge in [0.05, 0.1) is 0 Å². The molecule has 0 bridgehead atoms. The number of alkyl halides is 3. The summed E-state index contributed by atoms with van der Waals surface area (Å²) in [7, 11) is 1.33. The van der Waals surface area contributed by atoms with Crippen molar-refractivity contribution in [2.45, 2.75) is 6.18 Å². The fourth-order valence-corrected chi connectivity index (χ4v) is 1.15. The Kier molecular flexibility index (Phi) is 2.94. The van der Waals surface area contributed by atoms with Gasteiger partial charge in [-0.3, -0.25) is 5.32 Å². The van der Waals surface area contributed by atoms with E-state index < -0.39 is 17.2 Å². The number of rotatable bonds is 1. The van der Waals surface area contributed by atoms with Crippen molar-refractivity contribution in [2.24, 2.45) is 0 Å². The second kappa shape index (κ2) is 3.82. The molecule has 0 saturated carbocycles. The molecule has 76 valence electrons. The lowest BCUT2D eigenvalue weighted by molar-refractivity contribution is -0.138. The van der Waals surface area contributed by atoms with Gasteiger partial charge in [0, 0.05) is 0 Å². The maximum absolute atomic E-state index is 12.0. The zero-order chi connectivity index (χ0) is 10.8. The van der Waals surface area contributed by atoms with Crippen LogP contribution in [0, 0.1) is 0 Å². The lowest BCUT2D eigenvalue weighted by Gasteiger charge is -1.98. The molecule has 1 rings (SSSR count). The Morgan fingerprint density at radius 2 is 2.07 bits per heavy atom. The molecule has 0 aliphatic rings. The Labute approximate surface area is 81.1 Å². The van der Waals surface area contributed by atoms with E-state index in [1.807, 2.05) is 0 Å². The van der Waals surface area contributed by atoms with Crippen LogP contribution in [0.15, 0.2) is 0 Å². The van der Waals surface area contributed by atoms with Crippen molar-refractivity contribution >= 4 is 30.5 Å². The minimum atomic E-state index is -4.53. The van der Waals surface area contributed by atoms with E-state index >= 15 is 0 Å². The van der Waals surface area contributed by atoms with Crippen LogP contribution in [0.2, 0.25) is 0 Å². The molecule has 2 amide bonds. The van der Waals surface area contributed by atoms with Crippen molar-refractivity contribution < 1.29 is 18.0 Å². The molecule has 2 N–H and O–H groups in total. The summed E-state index contributed by atoms with van der Waals surface area (Å²) < 4.78 is 36.0. The Hall–Kier alpha value is -1.32. The molecule has 0 saturated heterocycles. The smallest absolute Gasteiger partial charge is 0.388 e. The quantitative estimate of drug-likeness (QED) is 0.670. The maximum atomic E-state index is 12.0. The Morgan fingerprint density at radius 1 is 1.43 bits per heavy atom. The predicted octanol–water partition coefficient (Wildman–Crippen LogP) is 0.227. The molecule has 0 aliphatic carbocycles. The first kappa shape index (κ1) is 10.8. The summed E-state index contributed by atoms with van der Waals surface area (Å²) in [6, 6.07) is -0.644. The van der Waals surface area contributed by atoms with E-state index in [4.69, 9.17) is 0 Å². The number of aromatic nitrogens is 2. The van der Waals surface area contributed by atoms with Gasteiger partial charge in [-0.25, -0.2) is 4.79 Å². The van der Waals surface area contributed by atoms with Gasteiger partial charge in [0.2, 0.25) is 18.1 Å². The highest BCUT2D eigenvalue weighted by Gasteiger charge is 2.35. The largest absolute Gasteiger partial charge is 0.445 e. The molecular weight excluding hydrogens is 220 g/mol. The van der Waals surface area contributed by atoms with Crippen LogP contribution < -0.4 is 10.5 Å². The van der Waals surface area contributed by atoms with Gasteiger partial charge < -0.3 is 5.23 Å². The standard InChI is InChI=1S/C4H4BF3N4OS/c5-10-2(13)9-3-12-11-1(14-3)4(6,7)8/h5H2,(H2,9,10,12,13). The van der Waals surface area contributed by atoms with Gasteiger partial charge in [-0.2, -0.15) is 13.2 Å². The number of urea groups is 1. The Bertz CT molecular complexity index is 340. The fourth-order valence-electron chi connectivity index (χ4n) is 0.548. The van der Waals surface area contributed by atoms with Crippen LogP contribution in [0.4, 0.5) is 23.1 Å². The number of hydrogen-bond donors (Lipinski definition) is 2. The number of halogens is 3. The van der Waals surface area contributed by atoms with Crippen molar-refractivity contribution in [2.75, 3.05) is 5.32 Å². The minimum absolute atomic E-state index is 0.198. The van der Waals surface area contributed by atoms with E-state index in [-0.39, 0.29) is 16.5 Å². The highest BCUT2D eigenvalue weighted by Crippen LogP contribution is 2.32. The fraction of sp³-hybridized carbons (Fsp3) is 0.250. The van der Waals surface area contributed by atoms with E-state index in [0.29, 0.717) is 0 Å². The summed E-state index contributed by atoms with van der Waals surface area (Å²) in [6.07, 6.45) is -4.53. The van der Waals surface area contributed by atoms with Gasteiger partial charge in [0.25, 0.3) is 0 Å². The molecule has 10 heteroatoms. The van der Waals surface area contributed by atoms with Gasteiger partial charge in [-0.05, 0) is 0 Å².